The molecule has 2 aromatic rings. The van der Waals surface area contributed by atoms with E-state index in [1.165, 1.54) is 10.9 Å². The van der Waals surface area contributed by atoms with Crippen LogP contribution in [-0.4, -0.2) is 48.4 Å². The monoisotopic (exact) mass is 464 g/mol. The van der Waals surface area contributed by atoms with E-state index in [0.717, 1.165) is 18.2 Å². The third-order valence-electron chi connectivity index (χ3n) is 5.10. The molecule has 1 heterocycles. The summed E-state index contributed by atoms with van der Waals surface area (Å²) in [7, 11) is -4.25. The molecular weight excluding hydrogens is 440 g/mol. The Morgan fingerprint density at radius 3 is 2.71 bits per heavy atom. The van der Waals surface area contributed by atoms with E-state index in [1.54, 1.807) is 6.92 Å². The van der Waals surface area contributed by atoms with E-state index in [2.05, 4.69) is 14.9 Å². The Morgan fingerprint density at radius 2 is 2.06 bits per heavy atom. The maximum absolute atomic E-state index is 14.3. The first-order valence-corrected chi connectivity index (χ1v) is 11.3. The lowest BCUT2D eigenvalue weighted by Crippen LogP contribution is -2.45. The van der Waals surface area contributed by atoms with Gasteiger partial charge in [-0.25, -0.2) is 26.3 Å². The van der Waals surface area contributed by atoms with Gasteiger partial charge >= 0.3 is 0 Å². The Balaban J connectivity index is 1.72. The number of benzene rings is 1. The van der Waals surface area contributed by atoms with Gasteiger partial charge in [0.2, 0.25) is 10.0 Å². The molecule has 7 nitrogen and oxygen atoms in total. The minimum Gasteiger partial charge on any atom is -0.491 e. The van der Waals surface area contributed by atoms with Gasteiger partial charge < -0.3 is 9.30 Å². The number of rotatable bonds is 9. The van der Waals surface area contributed by atoms with Crippen molar-refractivity contribution in [3.63, 3.8) is 0 Å². The van der Waals surface area contributed by atoms with Crippen LogP contribution in [0.3, 0.4) is 0 Å². The smallest absolute Gasteiger partial charge is 0.251 e. The summed E-state index contributed by atoms with van der Waals surface area (Å²) in [5, 5.41) is 7.49. The van der Waals surface area contributed by atoms with Crippen molar-refractivity contribution in [1.29, 1.82) is 0 Å². The van der Waals surface area contributed by atoms with Gasteiger partial charge in [-0.05, 0) is 44.4 Å². The van der Waals surface area contributed by atoms with Crippen LogP contribution in [0.25, 0.3) is 0 Å². The van der Waals surface area contributed by atoms with E-state index in [1.807, 2.05) is 0 Å². The lowest BCUT2D eigenvalue weighted by Gasteiger charge is -2.35. The average molecular weight is 464 g/mol. The summed E-state index contributed by atoms with van der Waals surface area (Å²) in [6, 6.07) is 1.33. The summed E-state index contributed by atoms with van der Waals surface area (Å²) >= 11 is 0. The molecule has 1 aromatic heterocycles. The molecule has 1 aliphatic rings. The first kappa shape index (κ1) is 23.5. The molecule has 1 aliphatic carbocycles. The SMILES string of the molecule is Cc1nncn1C1CC(NS(=O)(=O)c2ccc(OCCCCF)c(F)c2)CC(F)(F)C1. The molecule has 0 radical (unpaired) electrons. The first-order chi connectivity index (χ1) is 14.6. The lowest BCUT2D eigenvalue weighted by molar-refractivity contribution is -0.0579. The van der Waals surface area contributed by atoms with Crippen LogP contribution in [0.4, 0.5) is 17.6 Å². The van der Waals surface area contributed by atoms with Crippen molar-refractivity contribution in [3.8, 4) is 5.75 Å². The molecule has 2 unspecified atom stereocenters. The van der Waals surface area contributed by atoms with Crippen molar-refractivity contribution >= 4 is 10.0 Å². The Morgan fingerprint density at radius 1 is 1.29 bits per heavy atom. The number of nitrogens with zero attached hydrogens (tertiary/aromatic N) is 3. The quantitative estimate of drug-likeness (QED) is 0.453. The standard InChI is InChI=1S/C19H24F4N4O3S/c1-13-25-24-12-27(13)15-8-14(10-19(22,23)11-15)26-31(28,29)16-4-5-18(17(21)9-16)30-7-3-2-6-20/h4-5,9,12,14-15,26H,2-3,6-8,10-11H2,1H3. The van der Waals surface area contributed by atoms with Gasteiger partial charge in [-0.3, -0.25) is 4.39 Å². The number of unbranched alkanes of at least 4 members (excludes halogenated alkanes) is 1. The molecule has 1 N–H and O–H groups in total. The van der Waals surface area contributed by atoms with Crippen molar-refractivity contribution < 1.29 is 30.7 Å². The highest BCUT2D eigenvalue weighted by molar-refractivity contribution is 7.89. The van der Waals surface area contributed by atoms with Gasteiger partial charge in [0.25, 0.3) is 5.92 Å². The van der Waals surface area contributed by atoms with Crippen molar-refractivity contribution in [2.24, 2.45) is 0 Å². The van der Waals surface area contributed by atoms with E-state index in [0.29, 0.717) is 12.2 Å². The molecule has 172 valence electrons. The lowest BCUT2D eigenvalue weighted by atomic mass is 9.88. The second-order valence-electron chi connectivity index (χ2n) is 7.59. The van der Waals surface area contributed by atoms with Gasteiger partial charge in [-0.15, -0.1) is 10.2 Å². The molecule has 0 bridgehead atoms. The number of halogens is 4. The third kappa shape index (κ3) is 5.94. The van der Waals surface area contributed by atoms with E-state index in [-0.39, 0.29) is 25.2 Å². The van der Waals surface area contributed by atoms with Gasteiger partial charge in [0.05, 0.1) is 18.2 Å². The average Bonchev–Trinajstić information content (AvgIpc) is 3.10. The molecule has 1 aromatic carbocycles. The fourth-order valence-electron chi connectivity index (χ4n) is 3.68. The number of aryl methyl sites for hydroxylation is 1. The van der Waals surface area contributed by atoms with Crippen molar-refractivity contribution in [2.75, 3.05) is 13.3 Å². The Hall–Kier alpha value is -2.21. The second-order valence-corrected chi connectivity index (χ2v) is 9.31. The van der Waals surface area contributed by atoms with Crippen LogP contribution in [0.15, 0.2) is 29.4 Å². The highest BCUT2D eigenvalue weighted by atomic mass is 32.2. The zero-order chi connectivity index (χ0) is 22.6. The number of sulfonamides is 1. The Kier molecular flexibility index (Phi) is 7.20. The summed E-state index contributed by atoms with van der Waals surface area (Å²) < 4.78 is 89.3. The summed E-state index contributed by atoms with van der Waals surface area (Å²) in [6.07, 6.45) is 1.01. The minimum atomic E-state index is -4.25. The van der Waals surface area contributed by atoms with E-state index < -0.39 is 58.3 Å². The molecule has 1 fully saturated rings. The second kappa shape index (κ2) is 9.51. The highest BCUT2D eigenvalue weighted by Gasteiger charge is 2.43. The number of hydrogen-bond acceptors (Lipinski definition) is 5. The number of ether oxygens (including phenoxy) is 1. The molecule has 1 saturated carbocycles. The van der Waals surface area contributed by atoms with Gasteiger partial charge in [0.15, 0.2) is 11.6 Å². The molecule has 31 heavy (non-hydrogen) atoms. The number of hydrogen-bond donors (Lipinski definition) is 1. The highest BCUT2D eigenvalue weighted by Crippen LogP contribution is 2.40. The van der Waals surface area contributed by atoms with Crippen LogP contribution in [-0.2, 0) is 10.0 Å². The molecule has 2 atom stereocenters. The predicted octanol–water partition coefficient (Wildman–Crippen LogP) is 3.56. The van der Waals surface area contributed by atoms with Crippen LogP contribution < -0.4 is 9.46 Å². The van der Waals surface area contributed by atoms with Gasteiger partial charge in [-0.2, -0.15) is 0 Å². The van der Waals surface area contributed by atoms with Crippen LogP contribution in [0.2, 0.25) is 0 Å². The van der Waals surface area contributed by atoms with Crippen LogP contribution in [0.1, 0.15) is 44.0 Å². The van der Waals surface area contributed by atoms with E-state index in [9.17, 15) is 26.0 Å². The molecule has 12 heteroatoms. The maximum Gasteiger partial charge on any atom is 0.251 e. The molecule has 0 aliphatic heterocycles. The largest absolute Gasteiger partial charge is 0.491 e. The zero-order valence-electron chi connectivity index (χ0n) is 16.9. The number of alkyl halides is 3. The third-order valence-corrected chi connectivity index (χ3v) is 6.62. The topological polar surface area (TPSA) is 86.1 Å². The summed E-state index contributed by atoms with van der Waals surface area (Å²) in [5.41, 5.74) is 0. The van der Waals surface area contributed by atoms with Crippen molar-refractivity contribution in [2.45, 2.75) is 61.9 Å². The summed E-state index contributed by atoms with van der Waals surface area (Å²) in [5.74, 6) is -3.70. The summed E-state index contributed by atoms with van der Waals surface area (Å²) in [6.45, 7) is 1.21. The first-order valence-electron chi connectivity index (χ1n) is 9.86. The Bertz CT molecular complexity index is 1000. The van der Waals surface area contributed by atoms with Gasteiger partial charge in [0.1, 0.15) is 12.2 Å². The molecule has 0 saturated heterocycles. The maximum atomic E-state index is 14.3. The van der Waals surface area contributed by atoms with Crippen molar-refractivity contribution in [1.82, 2.24) is 19.5 Å². The van der Waals surface area contributed by atoms with Gasteiger partial charge in [-0.1, -0.05) is 0 Å². The fourth-order valence-corrected chi connectivity index (χ4v) is 4.94. The normalized spacial score (nSPS) is 21.2. The zero-order valence-corrected chi connectivity index (χ0v) is 17.7. The fraction of sp³-hybridized carbons (Fsp3) is 0.579. The molecule has 0 amide bonds. The summed E-state index contributed by atoms with van der Waals surface area (Å²) in [4.78, 5) is -0.396. The van der Waals surface area contributed by atoms with Crippen LogP contribution in [0, 0.1) is 12.7 Å². The Labute approximate surface area is 177 Å². The minimum absolute atomic E-state index is 0.0895. The number of aromatic nitrogens is 3. The van der Waals surface area contributed by atoms with Crippen molar-refractivity contribution in [3.05, 3.63) is 36.2 Å². The van der Waals surface area contributed by atoms with E-state index in [4.69, 9.17) is 4.74 Å². The molecular formula is C19H24F4N4O3S. The van der Waals surface area contributed by atoms with E-state index >= 15 is 0 Å². The van der Waals surface area contributed by atoms with Crippen LogP contribution in [0.5, 0.6) is 5.75 Å². The predicted molar refractivity (Wildman–Crippen MR) is 104 cm³/mol. The molecule has 0 spiro atoms. The molecule has 3 rings (SSSR count). The number of nitrogens with one attached hydrogen (secondary N) is 1. The van der Waals surface area contributed by atoms with Gasteiger partial charge in [0, 0.05) is 24.9 Å². The van der Waals surface area contributed by atoms with Crippen LogP contribution >= 0.6 is 0 Å².